The molecular weight excluding hydrogens is 344 g/mol. The summed E-state index contributed by atoms with van der Waals surface area (Å²) in [5.41, 5.74) is 0. The fraction of sp³-hybridized carbons (Fsp3) is 0.714. The van der Waals surface area contributed by atoms with Crippen LogP contribution in [-0.2, 0) is 0 Å². The van der Waals surface area contributed by atoms with Crippen molar-refractivity contribution in [3.63, 3.8) is 0 Å². The summed E-state index contributed by atoms with van der Waals surface area (Å²) in [6.07, 6.45) is 7.90. The standard InChI is InChI=1S/C21H36N2O2S/c1-5-9-16(8-4)14-22-20(24)18-12-13-19(26-18)21(25)23-15-17(10-6-2)11-7-3/h12-13,16-17H,5-11,14-15H2,1-4H3,(H,22,24)(H,23,25)/t16-/m1/s1. The Morgan fingerprint density at radius 1 is 0.808 bits per heavy atom. The SMILES string of the molecule is CCCC(CCC)CNC(=O)c1ccc(C(=O)NC[C@H](CC)CCC)s1. The Morgan fingerprint density at radius 3 is 1.65 bits per heavy atom. The van der Waals surface area contributed by atoms with Gasteiger partial charge in [0.25, 0.3) is 11.8 Å². The van der Waals surface area contributed by atoms with E-state index in [0.717, 1.165) is 51.5 Å². The summed E-state index contributed by atoms with van der Waals surface area (Å²) in [7, 11) is 0. The van der Waals surface area contributed by atoms with E-state index in [9.17, 15) is 9.59 Å². The van der Waals surface area contributed by atoms with Gasteiger partial charge in [-0.25, -0.2) is 0 Å². The van der Waals surface area contributed by atoms with Crippen LogP contribution in [0.5, 0.6) is 0 Å². The molecule has 0 spiro atoms. The van der Waals surface area contributed by atoms with Gasteiger partial charge in [-0.05, 0) is 43.2 Å². The van der Waals surface area contributed by atoms with Gasteiger partial charge in [-0.1, -0.05) is 53.4 Å². The molecule has 0 unspecified atom stereocenters. The normalized spacial score (nSPS) is 12.2. The van der Waals surface area contributed by atoms with Crippen molar-refractivity contribution in [3.05, 3.63) is 21.9 Å². The van der Waals surface area contributed by atoms with Crippen molar-refractivity contribution < 1.29 is 9.59 Å². The van der Waals surface area contributed by atoms with E-state index in [1.807, 2.05) is 0 Å². The van der Waals surface area contributed by atoms with Crippen LogP contribution in [0.2, 0.25) is 0 Å². The van der Waals surface area contributed by atoms with Gasteiger partial charge in [0.15, 0.2) is 0 Å². The quantitative estimate of drug-likeness (QED) is 0.491. The molecule has 0 fully saturated rings. The van der Waals surface area contributed by atoms with Gasteiger partial charge in [-0.3, -0.25) is 9.59 Å². The molecule has 1 aromatic heterocycles. The highest BCUT2D eigenvalue weighted by Crippen LogP contribution is 2.18. The highest BCUT2D eigenvalue weighted by atomic mass is 32.1. The van der Waals surface area contributed by atoms with Crippen molar-refractivity contribution in [3.8, 4) is 0 Å². The van der Waals surface area contributed by atoms with Crippen molar-refractivity contribution in [2.24, 2.45) is 11.8 Å². The lowest BCUT2D eigenvalue weighted by atomic mass is 9.98. The number of amides is 2. The largest absolute Gasteiger partial charge is 0.351 e. The Kier molecular flexibility index (Phi) is 11.3. The van der Waals surface area contributed by atoms with Crippen LogP contribution in [0.15, 0.2) is 12.1 Å². The number of carbonyl (C=O) groups is 2. The third-order valence-electron chi connectivity index (χ3n) is 4.82. The van der Waals surface area contributed by atoms with Crippen molar-refractivity contribution in [2.75, 3.05) is 13.1 Å². The molecule has 5 heteroatoms. The van der Waals surface area contributed by atoms with E-state index in [1.165, 1.54) is 11.3 Å². The van der Waals surface area contributed by atoms with Gasteiger partial charge in [-0.15, -0.1) is 11.3 Å². The molecule has 1 atom stereocenters. The predicted octanol–water partition coefficient (Wildman–Crippen LogP) is 5.25. The highest BCUT2D eigenvalue weighted by Gasteiger charge is 2.16. The van der Waals surface area contributed by atoms with Crippen LogP contribution in [0, 0.1) is 11.8 Å². The fourth-order valence-corrected chi connectivity index (χ4v) is 4.09. The Morgan fingerprint density at radius 2 is 1.23 bits per heavy atom. The minimum Gasteiger partial charge on any atom is -0.351 e. The number of rotatable bonds is 13. The molecule has 0 saturated heterocycles. The van der Waals surface area contributed by atoms with Crippen molar-refractivity contribution in [1.29, 1.82) is 0 Å². The van der Waals surface area contributed by atoms with E-state index < -0.39 is 0 Å². The van der Waals surface area contributed by atoms with Crippen LogP contribution in [-0.4, -0.2) is 24.9 Å². The lowest BCUT2D eigenvalue weighted by Crippen LogP contribution is -2.29. The van der Waals surface area contributed by atoms with Gasteiger partial charge in [0.05, 0.1) is 9.75 Å². The summed E-state index contributed by atoms with van der Waals surface area (Å²) in [5.74, 6) is 0.934. The first-order valence-corrected chi connectivity index (χ1v) is 11.0. The van der Waals surface area contributed by atoms with Crippen molar-refractivity contribution in [2.45, 2.75) is 72.6 Å². The highest BCUT2D eigenvalue weighted by molar-refractivity contribution is 7.15. The summed E-state index contributed by atoms with van der Waals surface area (Å²) in [5, 5.41) is 6.05. The molecule has 0 aliphatic rings. The monoisotopic (exact) mass is 380 g/mol. The van der Waals surface area contributed by atoms with Gasteiger partial charge in [0, 0.05) is 13.1 Å². The minimum atomic E-state index is -0.0709. The van der Waals surface area contributed by atoms with E-state index in [4.69, 9.17) is 0 Å². The lowest BCUT2D eigenvalue weighted by molar-refractivity contribution is 0.0943. The summed E-state index contributed by atoms with van der Waals surface area (Å²) in [4.78, 5) is 25.9. The maximum Gasteiger partial charge on any atom is 0.261 e. The van der Waals surface area contributed by atoms with Gasteiger partial charge >= 0.3 is 0 Å². The lowest BCUT2D eigenvalue weighted by Gasteiger charge is -2.15. The number of hydrogen-bond acceptors (Lipinski definition) is 3. The molecule has 1 aromatic rings. The average molecular weight is 381 g/mol. The van der Waals surface area contributed by atoms with E-state index in [1.54, 1.807) is 12.1 Å². The zero-order valence-corrected chi connectivity index (χ0v) is 17.7. The maximum absolute atomic E-state index is 12.4. The zero-order chi connectivity index (χ0) is 19.4. The summed E-state index contributed by atoms with van der Waals surface area (Å²) >= 11 is 1.28. The summed E-state index contributed by atoms with van der Waals surface area (Å²) in [6.45, 7) is 10.1. The van der Waals surface area contributed by atoms with E-state index in [0.29, 0.717) is 28.1 Å². The number of hydrogen-bond donors (Lipinski definition) is 2. The Bertz CT molecular complexity index is 536. The van der Waals surface area contributed by atoms with Crippen LogP contribution in [0.25, 0.3) is 0 Å². The van der Waals surface area contributed by atoms with Crippen molar-refractivity contribution in [1.82, 2.24) is 10.6 Å². The molecule has 4 nitrogen and oxygen atoms in total. The van der Waals surface area contributed by atoms with Crippen LogP contribution in [0.3, 0.4) is 0 Å². The summed E-state index contributed by atoms with van der Waals surface area (Å²) in [6, 6.07) is 3.51. The first-order chi connectivity index (χ1) is 12.5. The molecule has 1 rings (SSSR count). The molecule has 1 heterocycles. The second-order valence-electron chi connectivity index (χ2n) is 7.09. The third kappa shape index (κ3) is 7.90. The van der Waals surface area contributed by atoms with Gasteiger partial charge in [0.2, 0.25) is 0 Å². The number of thiophene rings is 1. The molecule has 148 valence electrons. The molecule has 0 saturated carbocycles. The molecule has 0 bridgehead atoms. The topological polar surface area (TPSA) is 58.2 Å². The molecular formula is C21H36N2O2S. The molecule has 0 aliphatic heterocycles. The van der Waals surface area contributed by atoms with E-state index >= 15 is 0 Å². The van der Waals surface area contributed by atoms with Crippen LogP contribution >= 0.6 is 11.3 Å². The van der Waals surface area contributed by atoms with Crippen LogP contribution in [0.1, 0.15) is 92.0 Å². The van der Waals surface area contributed by atoms with Crippen molar-refractivity contribution >= 4 is 23.2 Å². The maximum atomic E-state index is 12.4. The first-order valence-electron chi connectivity index (χ1n) is 10.2. The summed E-state index contributed by atoms with van der Waals surface area (Å²) < 4.78 is 0. The Labute approximate surface area is 163 Å². The first kappa shape index (κ1) is 22.7. The van der Waals surface area contributed by atoms with E-state index in [-0.39, 0.29) is 11.8 Å². The molecule has 2 amide bonds. The average Bonchev–Trinajstić information content (AvgIpc) is 3.13. The Hall–Kier alpha value is -1.36. The van der Waals surface area contributed by atoms with Crippen LogP contribution < -0.4 is 10.6 Å². The molecule has 0 aromatic carbocycles. The molecule has 0 radical (unpaired) electrons. The van der Waals surface area contributed by atoms with Crippen LogP contribution in [0.4, 0.5) is 0 Å². The number of carbonyl (C=O) groups excluding carboxylic acids is 2. The second kappa shape index (κ2) is 12.9. The zero-order valence-electron chi connectivity index (χ0n) is 16.9. The third-order valence-corrected chi connectivity index (χ3v) is 5.91. The molecule has 26 heavy (non-hydrogen) atoms. The Balaban J connectivity index is 2.52. The minimum absolute atomic E-state index is 0.0660. The fourth-order valence-electron chi connectivity index (χ4n) is 3.25. The molecule has 0 aliphatic carbocycles. The molecule has 2 N–H and O–H groups in total. The van der Waals surface area contributed by atoms with Gasteiger partial charge in [-0.2, -0.15) is 0 Å². The smallest absolute Gasteiger partial charge is 0.261 e. The number of nitrogens with one attached hydrogen (secondary N) is 2. The van der Waals surface area contributed by atoms with Gasteiger partial charge < -0.3 is 10.6 Å². The van der Waals surface area contributed by atoms with Gasteiger partial charge in [0.1, 0.15) is 0 Å². The van der Waals surface area contributed by atoms with E-state index in [2.05, 4.69) is 38.3 Å². The second-order valence-corrected chi connectivity index (χ2v) is 8.17. The predicted molar refractivity (Wildman–Crippen MR) is 111 cm³/mol.